The fraction of sp³-hybridized carbons (Fsp3) is 0.450. The van der Waals surface area contributed by atoms with E-state index in [-0.39, 0.29) is 29.6 Å². The van der Waals surface area contributed by atoms with E-state index in [0.29, 0.717) is 13.2 Å². The molecule has 0 N–H and O–H groups in total. The van der Waals surface area contributed by atoms with Crippen LogP contribution in [0.1, 0.15) is 31.9 Å². The third-order valence-corrected chi connectivity index (χ3v) is 4.86. The van der Waals surface area contributed by atoms with E-state index in [0.717, 1.165) is 6.42 Å². The maximum atomic E-state index is 11.4. The molecule has 24 heavy (non-hydrogen) atoms. The standard InChI is InChI=1S/C20H25NO3/c1-3-19-15(2)20(24-13-16-7-5-4-6-8-16)18(14-23-19)21-11-9-17(22)10-12-21/h4-12,15,18-20H,3,13-14H2,1-2H3/t15-,18+,19+,20-/m0/s1. The summed E-state index contributed by atoms with van der Waals surface area (Å²) in [7, 11) is 0. The molecule has 1 aliphatic heterocycles. The van der Waals surface area contributed by atoms with Crippen molar-refractivity contribution in [3.05, 3.63) is 70.6 Å². The first-order valence-corrected chi connectivity index (χ1v) is 8.64. The fourth-order valence-corrected chi connectivity index (χ4v) is 3.45. The van der Waals surface area contributed by atoms with Crippen LogP contribution in [0.5, 0.6) is 0 Å². The Labute approximate surface area is 143 Å². The third-order valence-electron chi connectivity index (χ3n) is 4.86. The summed E-state index contributed by atoms with van der Waals surface area (Å²) in [5, 5.41) is 0. The quantitative estimate of drug-likeness (QED) is 0.845. The van der Waals surface area contributed by atoms with Crippen molar-refractivity contribution in [2.24, 2.45) is 5.92 Å². The topological polar surface area (TPSA) is 40.5 Å². The van der Waals surface area contributed by atoms with E-state index in [9.17, 15) is 4.79 Å². The van der Waals surface area contributed by atoms with Gasteiger partial charge in [-0.2, -0.15) is 0 Å². The Morgan fingerprint density at radius 3 is 2.54 bits per heavy atom. The maximum absolute atomic E-state index is 11.4. The molecule has 0 bridgehead atoms. The van der Waals surface area contributed by atoms with E-state index in [1.165, 1.54) is 5.56 Å². The van der Waals surface area contributed by atoms with Gasteiger partial charge in [0.2, 0.25) is 0 Å². The van der Waals surface area contributed by atoms with E-state index in [4.69, 9.17) is 9.47 Å². The molecule has 1 aromatic heterocycles. The Morgan fingerprint density at radius 2 is 1.88 bits per heavy atom. The molecule has 0 unspecified atom stereocenters. The zero-order valence-corrected chi connectivity index (χ0v) is 14.3. The zero-order chi connectivity index (χ0) is 16.9. The molecule has 4 nitrogen and oxygen atoms in total. The highest BCUT2D eigenvalue weighted by atomic mass is 16.5. The summed E-state index contributed by atoms with van der Waals surface area (Å²) >= 11 is 0. The third kappa shape index (κ3) is 3.77. The minimum atomic E-state index is 0.0178. The second-order valence-electron chi connectivity index (χ2n) is 6.45. The van der Waals surface area contributed by atoms with E-state index in [2.05, 4.69) is 26.0 Å². The van der Waals surface area contributed by atoms with Gasteiger partial charge in [-0.1, -0.05) is 44.2 Å². The molecule has 0 amide bonds. The predicted molar refractivity (Wildman–Crippen MR) is 94.0 cm³/mol. The summed E-state index contributed by atoms with van der Waals surface area (Å²) in [4.78, 5) is 11.4. The normalized spacial score (nSPS) is 27.1. The van der Waals surface area contributed by atoms with Gasteiger partial charge >= 0.3 is 0 Å². The number of benzene rings is 1. The van der Waals surface area contributed by atoms with Crippen LogP contribution in [-0.2, 0) is 16.1 Å². The number of ether oxygens (including phenoxy) is 2. The minimum absolute atomic E-state index is 0.0178. The molecule has 1 saturated heterocycles. The Morgan fingerprint density at radius 1 is 1.17 bits per heavy atom. The molecule has 1 aromatic carbocycles. The molecule has 0 radical (unpaired) electrons. The fourth-order valence-electron chi connectivity index (χ4n) is 3.45. The molecule has 3 rings (SSSR count). The average molecular weight is 327 g/mol. The van der Waals surface area contributed by atoms with Crippen LogP contribution in [0.4, 0.5) is 0 Å². The van der Waals surface area contributed by atoms with Gasteiger partial charge in [0, 0.05) is 30.4 Å². The lowest BCUT2D eigenvalue weighted by molar-refractivity contribution is -0.145. The van der Waals surface area contributed by atoms with Gasteiger partial charge < -0.3 is 14.0 Å². The molecule has 1 fully saturated rings. The number of hydrogen-bond donors (Lipinski definition) is 0. The van der Waals surface area contributed by atoms with Crippen LogP contribution >= 0.6 is 0 Å². The van der Waals surface area contributed by atoms with Crippen molar-refractivity contribution in [3.8, 4) is 0 Å². The van der Waals surface area contributed by atoms with Crippen LogP contribution < -0.4 is 5.43 Å². The van der Waals surface area contributed by atoms with E-state index in [1.807, 2.05) is 35.2 Å². The summed E-state index contributed by atoms with van der Waals surface area (Å²) in [5.41, 5.74) is 1.19. The van der Waals surface area contributed by atoms with Crippen molar-refractivity contribution in [3.63, 3.8) is 0 Å². The molecule has 2 heterocycles. The summed E-state index contributed by atoms with van der Waals surface area (Å²) in [5.74, 6) is 0.289. The first-order chi connectivity index (χ1) is 11.7. The van der Waals surface area contributed by atoms with Gasteiger partial charge in [0.25, 0.3) is 0 Å². The van der Waals surface area contributed by atoms with Gasteiger partial charge in [-0.15, -0.1) is 0 Å². The minimum Gasteiger partial charge on any atom is -0.376 e. The highest BCUT2D eigenvalue weighted by Gasteiger charge is 2.38. The number of rotatable bonds is 5. The SMILES string of the molecule is CC[C@H]1OC[C@@H](n2ccc(=O)cc2)[C@@H](OCc2ccccc2)[C@H]1C. The van der Waals surface area contributed by atoms with Crippen molar-refractivity contribution in [2.75, 3.05) is 6.61 Å². The maximum Gasteiger partial charge on any atom is 0.181 e. The lowest BCUT2D eigenvalue weighted by Crippen LogP contribution is -2.46. The van der Waals surface area contributed by atoms with Gasteiger partial charge in [0.15, 0.2) is 5.43 Å². The number of pyridine rings is 1. The van der Waals surface area contributed by atoms with Gasteiger partial charge in [-0.25, -0.2) is 0 Å². The summed E-state index contributed by atoms with van der Waals surface area (Å²) in [6.07, 6.45) is 4.89. The highest BCUT2D eigenvalue weighted by molar-refractivity contribution is 5.13. The van der Waals surface area contributed by atoms with Crippen LogP contribution in [-0.4, -0.2) is 23.4 Å². The lowest BCUT2D eigenvalue weighted by atomic mass is 9.88. The zero-order valence-electron chi connectivity index (χ0n) is 14.3. The van der Waals surface area contributed by atoms with Crippen molar-refractivity contribution in [1.29, 1.82) is 0 Å². The Balaban J connectivity index is 1.80. The van der Waals surface area contributed by atoms with Gasteiger partial charge in [-0.05, 0) is 12.0 Å². The molecular weight excluding hydrogens is 302 g/mol. The molecule has 0 aliphatic carbocycles. The molecule has 0 saturated carbocycles. The lowest BCUT2D eigenvalue weighted by Gasteiger charge is -2.42. The van der Waals surface area contributed by atoms with Crippen LogP contribution in [0.2, 0.25) is 0 Å². The van der Waals surface area contributed by atoms with Crippen LogP contribution in [0.3, 0.4) is 0 Å². The molecule has 1 aliphatic rings. The summed E-state index contributed by atoms with van der Waals surface area (Å²) in [6, 6.07) is 13.5. The molecule has 4 heteroatoms. The van der Waals surface area contributed by atoms with Crippen molar-refractivity contribution < 1.29 is 9.47 Å². The molecule has 2 aromatic rings. The second-order valence-corrected chi connectivity index (χ2v) is 6.45. The predicted octanol–water partition coefficient (Wildman–Crippen LogP) is 3.42. The van der Waals surface area contributed by atoms with Crippen LogP contribution in [0, 0.1) is 5.92 Å². The summed E-state index contributed by atoms with van der Waals surface area (Å²) < 4.78 is 14.4. The Kier molecular flexibility index (Phi) is 5.48. The first-order valence-electron chi connectivity index (χ1n) is 8.64. The monoisotopic (exact) mass is 327 g/mol. The van der Waals surface area contributed by atoms with Crippen molar-refractivity contribution in [1.82, 2.24) is 4.57 Å². The van der Waals surface area contributed by atoms with Crippen molar-refractivity contribution >= 4 is 0 Å². The molecular formula is C20H25NO3. The van der Waals surface area contributed by atoms with Crippen molar-refractivity contribution in [2.45, 2.75) is 45.1 Å². The van der Waals surface area contributed by atoms with E-state index < -0.39 is 0 Å². The highest BCUT2D eigenvalue weighted by Crippen LogP contribution is 2.33. The van der Waals surface area contributed by atoms with Gasteiger partial charge in [0.1, 0.15) is 0 Å². The van der Waals surface area contributed by atoms with Gasteiger partial charge in [-0.3, -0.25) is 4.79 Å². The smallest absolute Gasteiger partial charge is 0.181 e. The Hall–Kier alpha value is -1.91. The Bertz CT molecular complexity index is 677. The average Bonchev–Trinajstić information content (AvgIpc) is 2.62. The first kappa shape index (κ1) is 16.9. The number of nitrogens with zero attached hydrogens (tertiary/aromatic N) is 1. The van der Waals surface area contributed by atoms with Crippen LogP contribution in [0.25, 0.3) is 0 Å². The van der Waals surface area contributed by atoms with Crippen LogP contribution in [0.15, 0.2) is 59.7 Å². The second kappa shape index (κ2) is 7.77. The molecule has 4 atom stereocenters. The van der Waals surface area contributed by atoms with E-state index >= 15 is 0 Å². The molecule has 0 spiro atoms. The largest absolute Gasteiger partial charge is 0.376 e. The van der Waals surface area contributed by atoms with Gasteiger partial charge in [0.05, 0.1) is 31.5 Å². The number of hydrogen-bond acceptors (Lipinski definition) is 3. The summed E-state index contributed by atoms with van der Waals surface area (Å²) in [6.45, 7) is 5.53. The molecule has 128 valence electrons. The van der Waals surface area contributed by atoms with E-state index in [1.54, 1.807) is 12.1 Å². The number of aromatic nitrogens is 1.